The number of carbonyl (C=O) groups excluding carboxylic acids is 1. The van der Waals surface area contributed by atoms with Gasteiger partial charge in [0.05, 0.1) is 12.6 Å². The lowest BCUT2D eigenvalue weighted by Gasteiger charge is -2.27. The minimum Gasteiger partial charge on any atom is -0.444 e. The molecule has 0 saturated heterocycles. The van der Waals surface area contributed by atoms with Gasteiger partial charge in [-0.15, -0.1) is 0 Å². The topological polar surface area (TPSA) is 67.8 Å². The minimum atomic E-state index is -0.883. The van der Waals surface area contributed by atoms with Gasteiger partial charge in [-0.1, -0.05) is 45.0 Å². The second-order valence-electron chi connectivity index (χ2n) is 8.02. The van der Waals surface area contributed by atoms with Gasteiger partial charge in [-0.25, -0.2) is 4.79 Å². The molecule has 0 spiro atoms. The van der Waals surface area contributed by atoms with E-state index in [1.807, 2.05) is 24.3 Å². The highest BCUT2D eigenvalue weighted by Gasteiger charge is 2.26. The third kappa shape index (κ3) is 6.49. The molecule has 1 aromatic rings. The van der Waals surface area contributed by atoms with Crippen LogP contribution in [-0.2, 0) is 14.9 Å². The molecule has 2 N–H and O–H groups in total. The molecule has 0 radical (unpaired) electrons. The van der Waals surface area contributed by atoms with Crippen LogP contribution < -0.4 is 5.32 Å². The van der Waals surface area contributed by atoms with Gasteiger partial charge >= 0.3 is 6.09 Å². The number of hydrogen-bond acceptors (Lipinski definition) is 4. The highest BCUT2D eigenvalue weighted by atomic mass is 16.6. The van der Waals surface area contributed by atoms with Crippen LogP contribution in [0.15, 0.2) is 24.3 Å². The van der Waals surface area contributed by atoms with E-state index >= 15 is 0 Å². The van der Waals surface area contributed by atoms with Crippen LogP contribution in [0.3, 0.4) is 0 Å². The van der Waals surface area contributed by atoms with E-state index < -0.39 is 23.8 Å². The molecule has 5 heteroatoms. The summed E-state index contributed by atoms with van der Waals surface area (Å²) in [5, 5.41) is 13.3. The van der Waals surface area contributed by atoms with Crippen LogP contribution in [0.25, 0.3) is 0 Å². The first-order valence-electron chi connectivity index (χ1n) is 8.21. The molecule has 0 aliphatic heterocycles. The van der Waals surface area contributed by atoms with Crippen molar-refractivity contribution in [1.82, 2.24) is 5.32 Å². The average molecular weight is 337 g/mol. The molecule has 0 aliphatic carbocycles. The number of aliphatic hydroxyl groups excluding tert-OH is 1. The van der Waals surface area contributed by atoms with Gasteiger partial charge in [-0.3, -0.25) is 0 Å². The molecule has 0 unspecified atom stereocenters. The standard InChI is InChI=1S/C19H31NO4/c1-18(2,3)14-10-8-13(9-11-14)16(21)15(12-23-7)20-17(22)24-19(4,5)6/h8-11,15-16,21H,12H2,1-7H3,(H,20,22)/t15-,16-/m1/s1. The van der Waals surface area contributed by atoms with Gasteiger partial charge in [-0.2, -0.15) is 0 Å². The Balaban J connectivity index is 2.86. The van der Waals surface area contributed by atoms with Gasteiger partial charge in [0, 0.05) is 7.11 Å². The normalized spacial score (nSPS) is 14.8. The molecule has 136 valence electrons. The summed E-state index contributed by atoms with van der Waals surface area (Å²) >= 11 is 0. The van der Waals surface area contributed by atoms with Crippen molar-refractivity contribution in [3.8, 4) is 0 Å². The van der Waals surface area contributed by atoms with Crippen LogP contribution in [0.4, 0.5) is 4.79 Å². The first-order chi connectivity index (χ1) is 10.9. The second-order valence-corrected chi connectivity index (χ2v) is 8.02. The van der Waals surface area contributed by atoms with Crippen LogP contribution >= 0.6 is 0 Å². The molecule has 1 amide bonds. The Morgan fingerprint density at radius 1 is 1.12 bits per heavy atom. The van der Waals surface area contributed by atoms with Crippen LogP contribution in [-0.4, -0.2) is 36.6 Å². The Hall–Kier alpha value is -1.59. The van der Waals surface area contributed by atoms with Crippen LogP contribution in [0, 0.1) is 0 Å². The lowest BCUT2D eigenvalue weighted by molar-refractivity contribution is 0.0301. The van der Waals surface area contributed by atoms with Gasteiger partial charge in [0.15, 0.2) is 0 Å². The number of alkyl carbamates (subject to hydrolysis) is 1. The van der Waals surface area contributed by atoms with Crippen molar-refractivity contribution in [2.75, 3.05) is 13.7 Å². The number of benzene rings is 1. The Labute approximate surface area is 145 Å². The van der Waals surface area contributed by atoms with E-state index in [1.54, 1.807) is 20.8 Å². The highest BCUT2D eigenvalue weighted by Crippen LogP contribution is 2.25. The van der Waals surface area contributed by atoms with E-state index in [1.165, 1.54) is 12.7 Å². The van der Waals surface area contributed by atoms with E-state index in [2.05, 4.69) is 26.1 Å². The maximum atomic E-state index is 12.0. The Bertz CT molecular complexity index is 526. The maximum absolute atomic E-state index is 12.0. The lowest BCUT2D eigenvalue weighted by Crippen LogP contribution is -2.44. The molecule has 0 heterocycles. The number of hydrogen-bond donors (Lipinski definition) is 2. The Kier molecular flexibility index (Phi) is 6.81. The molecular weight excluding hydrogens is 306 g/mol. The lowest BCUT2D eigenvalue weighted by atomic mass is 9.86. The molecule has 5 nitrogen and oxygen atoms in total. The quantitative estimate of drug-likeness (QED) is 0.862. The molecule has 0 aromatic heterocycles. The Morgan fingerprint density at radius 2 is 1.67 bits per heavy atom. The Morgan fingerprint density at radius 3 is 2.08 bits per heavy atom. The third-order valence-electron chi connectivity index (χ3n) is 3.55. The largest absolute Gasteiger partial charge is 0.444 e. The zero-order valence-corrected chi connectivity index (χ0v) is 15.8. The predicted molar refractivity (Wildman–Crippen MR) is 95.1 cm³/mol. The van der Waals surface area contributed by atoms with Gasteiger partial charge in [0.25, 0.3) is 0 Å². The van der Waals surface area contributed by atoms with E-state index in [-0.39, 0.29) is 12.0 Å². The number of rotatable bonds is 5. The summed E-state index contributed by atoms with van der Waals surface area (Å²) < 4.78 is 10.4. The van der Waals surface area contributed by atoms with Crippen molar-refractivity contribution in [1.29, 1.82) is 0 Å². The monoisotopic (exact) mass is 337 g/mol. The van der Waals surface area contributed by atoms with Gasteiger partial charge in [0.1, 0.15) is 11.7 Å². The van der Waals surface area contributed by atoms with Gasteiger partial charge in [-0.05, 0) is 37.3 Å². The third-order valence-corrected chi connectivity index (χ3v) is 3.55. The smallest absolute Gasteiger partial charge is 0.408 e. The number of nitrogens with one attached hydrogen (secondary N) is 1. The van der Waals surface area contributed by atoms with E-state index in [9.17, 15) is 9.90 Å². The molecular formula is C19H31NO4. The van der Waals surface area contributed by atoms with Crippen molar-refractivity contribution < 1.29 is 19.4 Å². The predicted octanol–water partition coefficient (Wildman–Crippen LogP) is 3.56. The number of carbonyl (C=O) groups is 1. The molecule has 0 bridgehead atoms. The fraction of sp³-hybridized carbons (Fsp3) is 0.632. The van der Waals surface area contributed by atoms with Gasteiger partial charge < -0.3 is 19.9 Å². The average Bonchev–Trinajstić information content (AvgIpc) is 2.43. The fourth-order valence-corrected chi connectivity index (χ4v) is 2.26. The van der Waals surface area contributed by atoms with E-state index in [0.29, 0.717) is 0 Å². The van der Waals surface area contributed by atoms with Crippen LogP contribution in [0.1, 0.15) is 58.8 Å². The number of methoxy groups -OCH3 is 1. The van der Waals surface area contributed by atoms with Crippen LogP contribution in [0.5, 0.6) is 0 Å². The molecule has 0 saturated carbocycles. The summed E-state index contributed by atoms with van der Waals surface area (Å²) in [4.78, 5) is 12.0. The van der Waals surface area contributed by atoms with E-state index in [4.69, 9.17) is 9.47 Å². The maximum Gasteiger partial charge on any atom is 0.408 e. The molecule has 1 rings (SSSR count). The highest BCUT2D eigenvalue weighted by molar-refractivity contribution is 5.68. The van der Waals surface area contributed by atoms with Crippen molar-refractivity contribution in [2.24, 2.45) is 0 Å². The zero-order valence-electron chi connectivity index (χ0n) is 15.8. The van der Waals surface area contributed by atoms with Crippen molar-refractivity contribution >= 4 is 6.09 Å². The van der Waals surface area contributed by atoms with Crippen molar-refractivity contribution in [3.05, 3.63) is 35.4 Å². The summed E-state index contributed by atoms with van der Waals surface area (Å²) in [6.45, 7) is 12.0. The summed E-state index contributed by atoms with van der Waals surface area (Å²) in [5.74, 6) is 0. The number of amides is 1. The zero-order chi connectivity index (χ0) is 18.5. The number of ether oxygens (including phenoxy) is 2. The molecule has 0 aliphatic rings. The van der Waals surface area contributed by atoms with Gasteiger partial charge in [0.2, 0.25) is 0 Å². The summed E-state index contributed by atoms with van der Waals surface area (Å²) in [5.41, 5.74) is 1.36. The number of aliphatic hydroxyl groups is 1. The molecule has 24 heavy (non-hydrogen) atoms. The summed E-state index contributed by atoms with van der Waals surface area (Å²) in [6.07, 6.45) is -1.46. The summed E-state index contributed by atoms with van der Waals surface area (Å²) in [7, 11) is 1.53. The summed E-state index contributed by atoms with van der Waals surface area (Å²) in [6, 6.07) is 7.16. The molecule has 2 atom stereocenters. The second kappa shape index (κ2) is 7.99. The van der Waals surface area contributed by atoms with Crippen molar-refractivity contribution in [3.63, 3.8) is 0 Å². The van der Waals surface area contributed by atoms with Crippen molar-refractivity contribution in [2.45, 2.75) is 64.7 Å². The first-order valence-corrected chi connectivity index (χ1v) is 8.21. The first kappa shape index (κ1) is 20.5. The SMILES string of the molecule is COC[C@@H](NC(=O)OC(C)(C)C)[C@H](O)c1ccc(C(C)(C)C)cc1. The fourth-order valence-electron chi connectivity index (χ4n) is 2.26. The van der Waals surface area contributed by atoms with E-state index in [0.717, 1.165) is 5.56 Å². The van der Waals surface area contributed by atoms with Crippen LogP contribution in [0.2, 0.25) is 0 Å². The molecule has 1 aromatic carbocycles. The minimum absolute atomic E-state index is 0.0458. The molecule has 0 fully saturated rings.